The summed E-state index contributed by atoms with van der Waals surface area (Å²) in [6.07, 6.45) is 7.34. The third-order valence-corrected chi connectivity index (χ3v) is 3.47. The highest BCUT2D eigenvalue weighted by molar-refractivity contribution is 5.97. The highest BCUT2D eigenvalue weighted by atomic mass is 16.5. The molecule has 0 spiro atoms. The van der Waals surface area contributed by atoms with Crippen LogP contribution in [-0.4, -0.2) is 22.4 Å². The molecule has 0 saturated carbocycles. The van der Waals surface area contributed by atoms with Crippen molar-refractivity contribution in [3.8, 4) is 0 Å². The average Bonchev–Trinajstić information content (AvgIpc) is 2.82. The first kappa shape index (κ1) is 10.8. The van der Waals surface area contributed by atoms with Gasteiger partial charge in [0.25, 0.3) is 0 Å². The molecule has 2 heterocycles. The monoisotopic (exact) mass is 232 g/mol. The maximum atomic E-state index is 11.8. The van der Waals surface area contributed by atoms with Crippen LogP contribution in [-0.2, 0) is 11.2 Å². The Bertz CT molecular complexity index is 439. The third kappa shape index (κ3) is 2.09. The maximum Gasteiger partial charge on any atom is 0.166 e. The molecule has 4 heteroatoms. The number of carbonyl (C=O) groups excluding carboxylic acids is 1. The fourth-order valence-corrected chi connectivity index (χ4v) is 2.51. The highest BCUT2D eigenvalue weighted by Gasteiger charge is 2.23. The van der Waals surface area contributed by atoms with Gasteiger partial charge in [-0.25, -0.2) is 9.97 Å². The second-order valence-corrected chi connectivity index (χ2v) is 4.72. The standard InChI is InChI=1S/C13H16N2O2/c16-11-5-2-1-4-10-9(11)8-14-13(15-10)12-6-3-7-17-12/h8,12H,1-7H2. The van der Waals surface area contributed by atoms with Crippen LogP contribution in [0.15, 0.2) is 6.20 Å². The number of hydrogen-bond donors (Lipinski definition) is 0. The Morgan fingerprint density at radius 3 is 2.94 bits per heavy atom. The van der Waals surface area contributed by atoms with E-state index in [2.05, 4.69) is 9.97 Å². The molecular weight excluding hydrogens is 216 g/mol. The van der Waals surface area contributed by atoms with E-state index >= 15 is 0 Å². The SMILES string of the molecule is O=C1CCCCc2nc(C3CCCO3)ncc21. The van der Waals surface area contributed by atoms with E-state index in [1.165, 1.54) is 0 Å². The molecule has 1 atom stereocenters. The van der Waals surface area contributed by atoms with Crippen LogP contribution in [0.25, 0.3) is 0 Å². The summed E-state index contributed by atoms with van der Waals surface area (Å²) in [6.45, 7) is 0.796. The molecule has 4 nitrogen and oxygen atoms in total. The predicted molar refractivity (Wildman–Crippen MR) is 61.8 cm³/mol. The van der Waals surface area contributed by atoms with Crippen molar-refractivity contribution < 1.29 is 9.53 Å². The second-order valence-electron chi connectivity index (χ2n) is 4.72. The van der Waals surface area contributed by atoms with Gasteiger partial charge in [0.15, 0.2) is 11.6 Å². The lowest BCUT2D eigenvalue weighted by atomic mass is 10.1. The zero-order valence-electron chi connectivity index (χ0n) is 9.82. The van der Waals surface area contributed by atoms with Crippen molar-refractivity contribution >= 4 is 5.78 Å². The van der Waals surface area contributed by atoms with Crippen molar-refractivity contribution in [3.63, 3.8) is 0 Å². The number of ketones is 1. The Kier molecular flexibility index (Phi) is 2.89. The number of aromatic nitrogens is 2. The first-order valence-corrected chi connectivity index (χ1v) is 6.35. The lowest BCUT2D eigenvalue weighted by Gasteiger charge is -2.10. The van der Waals surface area contributed by atoms with Gasteiger partial charge in [0.1, 0.15) is 6.10 Å². The van der Waals surface area contributed by atoms with Crippen LogP contribution < -0.4 is 0 Å². The topological polar surface area (TPSA) is 52.1 Å². The van der Waals surface area contributed by atoms with E-state index in [0.717, 1.165) is 55.8 Å². The fraction of sp³-hybridized carbons (Fsp3) is 0.615. The molecule has 0 amide bonds. The molecule has 0 radical (unpaired) electrons. The Morgan fingerprint density at radius 1 is 1.24 bits per heavy atom. The van der Waals surface area contributed by atoms with Gasteiger partial charge < -0.3 is 4.74 Å². The van der Waals surface area contributed by atoms with Crippen LogP contribution in [0.3, 0.4) is 0 Å². The molecule has 0 N–H and O–H groups in total. The van der Waals surface area contributed by atoms with Crippen molar-refractivity contribution in [2.45, 2.75) is 44.6 Å². The summed E-state index contributed by atoms with van der Waals surface area (Å²) in [5.41, 5.74) is 1.65. The molecule has 1 aliphatic heterocycles. The number of fused-ring (bicyclic) bond motifs is 1. The van der Waals surface area contributed by atoms with Crippen LogP contribution in [0.4, 0.5) is 0 Å². The van der Waals surface area contributed by atoms with E-state index in [1.54, 1.807) is 6.20 Å². The van der Waals surface area contributed by atoms with Crippen LogP contribution in [0.1, 0.15) is 60.1 Å². The first-order chi connectivity index (χ1) is 8.34. The molecular formula is C13H16N2O2. The van der Waals surface area contributed by atoms with Crippen LogP contribution >= 0.6 is 0 Å². The zero-order valence-corrected chi connectivity index (χ0v) is 9.82. The lowest BCUT2D eigenvalue weighted by molar-refractivity contribution is 0.0976. The van der Waals surface area contributed by atoms with Gasteiger partial charge in [-0.1, -0.05) is 0 Å². The van der Waals surface area contributed by atoms with Gasteiger partial charge >= 0.3 is 0 Å². The molecule has 2 aliphatic rings. The second kappa shape index (κ2) is 4.53. The molecule has 1 unspecified atom stereocenters. The van der Waals surface area contributed by atoms with Crippen molar-refractivity contribution in [1.29, 1.82) is 0 Å². The summed E-state index contributed by atoms with van der Waals surface area (Å²) in [5.74, 6) is 0.951. The summed E-state index contributed by atoms with van der Waals surface area (Å²) in [7, 11) is 0. The Hall–Kier alpha value is -1.29. The molecule has 1 aliphatic carbocycles. The van der Waals surface area contributed by atoms with Crippen LogP contribution in [0.2, 0.25) is 0 Å². The molecule has 1 aromatic heterocycles. The fourth-order valence-electron chi connectivity index (χ4n) is 2.51. The van der Waals surface area contributed by atoms with E-state index in [9.17, 15) is 4.79 Å². The number of hydrogen-bond acceptors (Lipinski definition) is 4. The average molecular weight is 232 g/mol. The minimum Gasteiger partial charge on any atom is -0.370 e. The minimum absolute atomic E-state index is 0.0404. The van der Waals surface area contributed by atoms with Crippen molar-refractivity contribution in [2.75, 3.05) is 6.61 Å². The first-order valence-electron chi connectivity index (χ1n) is 6.35. The third-order valence-electron chi connectivity index (χ3n) is 3.47. The largest absolute Gasteiger partial charge is 0.370 e. The number of Topliss-reactive ketones (excluding diaryl/α,β-unsaturated/α-hetero) is 1. The predicted octanol–water partition coefficient (Wildman–Crippen LogP) is 2.24. The van der Waals surface area contributed by atoms with Gasteiger partial charge in [-0.2, -0.15) is 0 Å². The highest BCUT2D eigenvalue weighted by Crippen LogP contribution is 2.27. The van der Waals surface area contributed by atoms with Crippen molar-refractivity contribution in [2.24, 2.45) is 0 Å². The molecule has 90 valence electrons. The van der Waals surface area contributed by atoms with E-state index in [1.807, 2.05) is 0 Å². The van der Waals surface area contributed by atoms with E-state index in [0.29, 0.717) is 6.42 Å². The van der Waals surface area contributed by atoms with E-state index < -0.39 is 0 Å². The zero-order chi connectivity index (χ0) is 11.7. The molecule has 1 saturated heterocycles. The maximum absolute atomic E-state index is 11.8. The molecule has 0 aromatic carbocycles. The molecule has 3 rings (SSSR count). The molecule has 1 fully saturated rings. The number of aryl methyl sites for hydroxylation is 1. The van der Waals surface area contributed by atoms with Crippen molar-refractivity contribution in [1.82, 2.24) is 9.97 Å². The molecule has 0 bridgehead atoms. The summed E-state index contributed by atoms with van der Waals surface area (Å²) < 4.78 is 5.58. The smallest absolute Gasteiger partial charge is 0.166 e. The van der Waals surface area contributed by atoms with E-state index in [-0.39, 0.29) is 11.9 Å². The lowest BCUT2D eigenvalue weighted by Crippen LogP contribution is -2.10. The number of carbonyl (C=O) groups is 1. The van der Waals surface area contributed by atoms with Gasteiger partial charge in [0, 0.05) is 19.2 Å². The van der Waals surface area contributed by atoms with E-state index in [4.69, 9.17) is 4.74 Å². The van der Waals surface area contributed by atoms with Gasteiger partial charge in [0.05, 0.1) is 11.3 Å². The van der Waals surface area contributed by atoms with Crippen LogP contribution in [0.5, 0.6) is 0 Å². The summed E-state index contributed by atoms with van der Waals surface area (Å²) in [5, 5.41) is 0. The summed E-state index contributed by atoms with van der Waals surface area (Å²) >= 11 is 0. The van der Waals surface area contributed by atoms with Crippen molar-refractivity contribution in [3.05, 3.63) is 23.3 Å². The normalized spacial score (nSPS) is 24.5. The Labute approximate surface area is 100 Å². The van der Waals surface area contributed by atoms with Gasteiger partial charge in [-0.3, -0.25) is 4.79 Å². The molecule has 1 aromatic rings. The van der Waals surface area contributed by atoms with Gasteiger partial charge in [-0.15, -0.1) is 0 Å². The molecule has 17 heavy (non-hydrogen) atoms. The number of ether oxygens (including phenoxy) is 1. The minimum atomic E-state index is 0.0404. The van der Waals surface area contributed by atoms with Gasteiger partial charge in [-0.05, 0) is 32.1 Å². The van der Waals surface area contributed by atoms with Crippen LogP contribution in [0, 0.1) is 0 Å². The Balaban J connectivity index is 1.94. The summed E-state index contributed by atoms with van der Waals surface area (Å²) in [4.78, 5) is 20.7. The van der Waals surface area contributed by atoms with Gasteiger partial charge in [0.2, 0.25) is 0 Å². The number of rotatable bonds is 1. The summed E-state index contributed by atoms with van der Waals surface area (Å²) in [6, 6.07) is 0. The Morgan fingerprint density at radius 2 is 2.12 bits per heavy atom. The quantitative estimate of drug-likeness (QED) is 0.697. The number of nitrogens with zero attached hydrogens (tertiary/aromatic N) is 2.